The molecule has 0 aromatic heterocycles. The van der Waals surface area contributed by atoms with Crippen molar-refractivity contribution in [3.63, 3.8) is 0 Å². The van der Waals surface area contributed by atoms with Crippen LogP contribution in [-0.4, -0.2) is 32.1 Å². The molecule has 6 heteroatoms. The molecule has 0 bridgehead atoms. The van der Waals surface area contributed by atoms with Gasteiger partial charge in [-0.15, -0.1) is 0 Å². The summed E-state index contributed by atoms with van der Waals surface area (Å²) in [5.41, 5.74) is 1.66. The lowest BCUT2D eigenvalue weighted by atomic mass is 10.0. The fraction of sp³-hybridized carbons (Fsp3) is 0.263. The lowest BCUT2D eigenvalue weighted by Gasteiger charge is -2.21. The van der Waals surface area contributed by atoms with Crippen molar-refractivity contribution >= 4 is 34.5 Å². The van der Waals surface area contributed by atoms with Gasteiger partial charge in [-0.25, -0.2) is 4.79 Å². The van der Waals surface area contributed by atoms with Gasteiger partial charge in [-0.2, -0.15) is 0 Å². The number of rotatable bonds is 7. The summed E-state index contributed by atoms with van der Waals surface area (Å²) in [6.07, 6.45) is -0.440. The van der Waals surface area contributed by atoms with Crippen LogP contribution in [0.5, 0.6) is 0 Å². The van der Waals surface area contributed by atoms with Crippen molar-refractivity contribution in [1.82, 2.24) is 5.32 Å². The predicted octanol–water partition coefficient (Wildman–Crippen LogP) is 2.88. The summed E-state index contributed by atoms with van der Waals surface area (Å²) in [6.45, 7) is 0. The highest BCUT2D eigenvalue weighted by Gasteiger charge is 2.27. The Labute approximate surface area is 160 Å². The van der Waals surface area contributed by atoms with E-state index < -0.39 is 18.1 Å². The highest BCUT2D eigenvalue weighted by Crippen LogP contribution is 2.17. The number of hydrogen-bond acceptors (Lipinski definition) is 4. The second-order valence-electron chi connectivity index (χ2n) is 5.44. The predicted molar refractivity (Wildman–Crippen MR) is 103 cm³/mol. The number of benzene rings is 2. The van der Waals surface area contributed by atoms with Crippen molar-refractivity contribution in [3.05, 3.63) is 69.3 Å². The van der Waals surface area contributed by atoms with Crippen LogP contribution in [0.3, 0.4) is 0 Å². The van der Waals surface area contributed by atoms with Crippen molar-refractivity contribution < 1.29 is 19.1 Å². The maximum Gasteiger partial charge on any atom is 0.328 e. The minimum Gasteiger partial charge on any atom is -0.467 e. The quantitative estimate of drug-likeness (QED) is 0.518. The Kier molecular flexibility index (Phi) is 7.39. The highest BCUT2D eigenvalue weighted by atomic mass is 127. The number of amides is 1. The first-order valence-corrected chi connectivity index (χ1v) is 8.83. The van der Waals surface area contributed by atoms with E-state index in [1.165, 1.54) is 14.2 Å². The van der Waals surface area contributed by atoms with E-state index in [2.05, 4.69) is 27.9 Å². The average Bonchev–Trinajstić information content (AvgIpc) is 2.62. The second kappa shape index (κ2) is 9.53. The smallest absolute Gasteiger partial charge is 0.328 e. The summed E-state index contributed by atoms with van der Waals surface area (Å²) >= 11 is 2.21. The molecule has 0 saturated carbocycles. The molecule has 0 saturated heterocycles. The van der Waals surface area contributed by atoms with Crippen LogP contribution < -0.4 is 5.32 Å². The van der Waals surface area contributed by atoms with E-state index in [0.29, 0.717) is 6.42 Å². The molecule has 0 heterocycles. The van der Waals surface area contributed by atoms with Crippen molar-refractivity contribution in [2.24, 2.45) is 0 Å². The molecule has 0 fully saturated rings. The number of halogens is 1. The van der Waals surface area contributed by atoms with E-state index >= 15 is 0 Å². The first-order chi connectivity index (χ1) is 12.0. The van der Waals surface area contributed by atoms with Gasteiger partial charge in [-0.05, 0) is 45.9 Å². The van der Waals surface area contributed by atoms with E-state index in [0.717, 1.165) is 14.7 Å². The standard InChI is InChI=1S/C19H20INO4/c1-24-17(14-8-4-3-5-9-14)18(22)21-16(19(23)25-2)12-13-7-6-10-15(20)11-13/h3-11,16-17H,12H2,1-2H3,(H,21,22)/t16-,17+/m1/s1. The molecule has 0 aliphatic rings. The van der Waals surface area contributed by atoms with Gasteiger partial charge < -0.3 is 14.8 Å². The van der Waals surface area contributed by atoms with E-state index in [9.17, 15) is 9.59 Å². The highest BCUT2D eigenvalue weighted by molar-refractivity contribution is 14.1. The number of esters is 1. The first-order valence-electron chi connectivity index (χ1n) is 7.75. The summed E-state index contributed by atoms with van der Waals surface area (Å²) in [6, 6.07) is 16.1. The largest absolute Gasteiger partial charge is 0.467 e. The number of methoxy groups -OCH3 is 2. The molecule has 2 rings (SSSR count). The van der Waals surface area contributed by atoms with Crippen LogP contribution in [0.15, 0.2) is 54.6 Å². The summed E-state index contributed by atoms with van der Waals surface area (Å²) in [5, 5.41) is 2.74. The molecule has 0 spiro atoms. The first kappa shape index (κ1) is 19.4. The molecule has 1 amide bonds. The van der Waals surface area contributed by atoms with Gasteiger partial charge in [0.25, 0.3) is 5.91 Å². The molecule has 2 aromatic rings. The molecular weight excluding hydrogens is 433 g/mol. The second-order valence-corrected chi connectivity index (χ2v) is 6.69. The van der Waals surface area contributed by atoms with Crippen LogP contribution in [0.25, 0.3) is 0 Å². The van der Waals surface area contributed by atoms with Crippen LogP contribution in [-0.2, 0) is 25.5 Å². The molecule has 5 nitrogen and oxygen atoms in total. The van der Waals surface area contributed by atoms with E-state index in [-0.39, 0.29) is 5.91 Å². The van der Waals surface area contributed by atoms with Gasteiger partial charge in [0.1, 0.15) is 6.04 Å². The zero-order valence-electron chi connectivity index (χ0n) is 14.1. The Hall–Kier alpha value is -1.93. The van der Waals surface area contributed by atoms with Crippen molar-refractivity contribution in [1.29, 1.82) is 0 Å². The number of hydrogen-bond donors (Lipinski definition) is 1. The topological polar surface area (TPSA) is 64.6 Å². The molecule has 0 aliphatic heterocycles. The maximum absolute atomic E-state index is 12.6. The van der Waals surface area contributed by atoms with Gasteiger partial charge in [0.2, 0.25) is 0 Å². The molecule has 0 unspecified atom stereocenters. The molecular formula is C19H20INO4. The molecule has 25 heavy (non-hydrogen) atoms. The Morgan fingerprint density at radius 3 is 2.40 bits per heavy atom. The van der Waals surface area contributed by atoms with Crippen LogP contribution in [0.2, 0.25) is 0 Å². The van der Waals surface area contributed by atoms with Crippen LogP contribution in [0, 0.1) is 3.57 Å². The number of carbonyl (C=O) groups excluding carboxylic acids is 2. The Morgan fingerprint density at radius 1 is 1.08 bits per heavy atom. The van der Waals surface area contributed by atoms with Crippen molar-refractivity contribution in [2.45, 2.75) is 18.6 Å². The fourth-order valence-corrected chi connectivity index (χ4v) is 3.11. The minimum absolute atomic E-state index is 0.348. The normalized spacial score (nSPS) is 12.9. The van der Waals surface area contributed by atoms with E-state index in [1.807, 2.05) is 42.5 Å². The molecule has 1 N–H and O–H groups in total. The van der Waals surface area contributed by atoms with E-state index in [4.69, 9.17) is 9.47 Å². The third kappa shape index (κ3) is 5.54. The zero-order chi connectivity index (χ0) is 18.2. The third-order valence-corrected chi connectivity index (χ3v) is 4.38. The zero-order valence-corrected chi connectivity index (χ0v) is 16.2. The SMILES string of the molecule is COC(=O)[C@@H](Cc1cccc(I)c1)NC(=O)[C@@H](OC)c1ccccc1. The van der Waals surface area contributed by atoms with Gasteiger partial charge >= 0.3 is 5.97 Å². The summed E-state index contributed by atoms with van der Waals surface area (Å²) in [5.74, 6) is -0.871. The van der Waals surface area contributed by atoms with Crippen LogP contribution in [0.4, 0.5) is 0 Å². The molecule has 132 valence electrons. The Bertz CT molecular complexity index is 720. The van der Waals surface area contributed by atoms with Gasteiger partial charge in [-0.1, -0.05) is 42.5 Å². The fourth-order valence-electron chi connectivity index (χ4n) is 2.50. The molecule has 2 aromatic carbocycles. The third-order valence-electron chi connectivity index (χ3n) is 3.71. The van der Waals surface area contributed by atoms with Crippen molar-refractivity contribution in [2.75, 3.05) is 14.2 Å². The van der Waals surface area contributed by atoms with Gasteiger partial charge in [0.05, 0.1) is 7.11 Å². The van der Waals surface area contributed by atoms with E-state index in [1.54, 1.807) is 12.1 Å². The lowest BCUT2D eigenvalue weighted by molar-refractivity contribution is -0.146. The van der Waals surface area contributed by atoms with Gasteiger partial charge in [0.15, 0.2) is 6.10 Å². The summed E-state index contributed by atoms with van der Waals surface area (Å²) in [4.78, 5) is 24.7. The molecule has 0 aliphatic carbocycles. The van der Waals surface area contributed by atoms with Crippen molar-refractivity contribution in [3.8, 4) is 0 Å². The number of carbonyl (C=O) groups is 2. The monoisotopic (exact) mass is 453 g/mol. The number of nitrogens with one attached hydrogen (secondary N) is 1. The number of ether oxygens (including phenoxy) is 2. The Balaban J connectivity index is 2.15. The average molecular weight is 453 g/mol. The van der Waals surface area contributed by atoms with Gasteiger partial charge in [0, 0.05) is 17.1 Å². The Morgan fingerprint density at radius 2 is 1.80 bits per heavy atom. The van der Waals surface area contributed by atoms with Crippen LogP contribution in [0.1, 0.15) is 17.2 Å². The molecule has 0 radical (unpaired) electrons. The molecule has 2 atom stereocenters. The minimum atomic E-state index is -0.788. The maximum atomic E-state index is 12.6. The van der Waals surface area contributed by atoms with Gasteiger partial charge in [-0.3, -0.25) is 4.79 Å². The summed E-state index contributed by atoms with van der Waals surface area (Å²) in [7, 11) is 2.77. The lowest BCUT2D eigenvalue weighted by Crippen LogP contribution is -2.45. The van der Waals surface area contributed by atoms with Crippen LogP contribution >= 0.6 is 22.6 Å². The summed E-state index contributed by atoms with van der Waals surface area (Å²) < 4.78 is 11.2.